The lowest BCUT2D eigenvalue weighted by atomic mass is 10.1. The van der Waals surface area contributed by atoms with Gasteiger partial charge in [0.2, 0.25) is 0 Å². The molecular weight excluding hydrogens is 192 g/mol. The molecule has 0 aliphatic carbocycles. The minimum atomic E-state index is -1.15. The second-order valence-electron chi connectivity index (χ2n) is 3.19. The lowest BCUT2D eigenvalue weighted by molar-refractivity contribution is -0.255. The molecule has 0 atom stereocenters. The number of carbonyl (C=O) groups excluding carboxylic acids is 1. The summed E-state index contributed by atoms with van der Waals surface area (Å²) >= 11 is 0. The second-order valence-corrected chi connectivity index (χ2v) is 3.19. The monoisotopic (exact) mass is 201 g/mol. The molecule has 0 spiro atoms. The molecule has 4 nitrogen and oxygen atoms in total. The molecule has 0 radical (unpaired) electrons. The van der Waals surface area contributed by atoms with Crippen LogP contribution in [0.3, 0.4) is 0 Å². The van der Waals surface area contributed by atoms with E-state index in [4.69, 9.17) is 0 Å². The smallest absolute Gasteiger partial charge is 0.0715 e. The lowest BCUT2D eigenvalue weighted by Gasteiger charge is -2.04. The van der Waals surface area contributed by atoms with Crippen LogP contribution in [0.4, 0.5) is 0 Å². The van der Waals surface area contributed by atoms with Gasteiger partial charge in [0.15, 0.2) is 0 Å². The van der Waals surface area contributed by atoms with Crippen LogP contribution in [-0.4, -0.2) is 15.7 Å². The van der Waals surface area contributed by atoms with E-state index < -0.39 is 5.97 Å². The summed E-state index contributed by atoms with van der Waals surface area (Å²) in [5.74, 6) is -1.15. The van der Waals surface area contributed by atoms with Crippen molar-refractivity contribution in [3.05, 3.63) is 53.9 Å². The van der Waals surface area contributed by atoms with Crippen LogP contribution in [0.5, 0.6) is 0 Å². The number of hydrogen-bond donors (Lipinski definition) is 0. The van der Waals surface area contributed by atoms with Gasteiger partial charge < -0.3 is 9.90 Å². The number of carboxylic acids is 1. The third kappa shape index (κ3) is 2.22. The van der Waals surface area contributed by atoms with Gasteiger partial charge in [0, 0.05) is 12.4 Å². The van der Waals surface area contributed by atoms with E-state index in [-0.39, 0.29) is 5.56 Å². The number of carboxylic acid groups (broad SMARTS) is 1. The predicted octanol–water partition coefficient (Wildman–Crippen LogP) is 0.295. The van der Waals surface area contributed by atoms with Crippen LogP contribution in [0.2, 0.25) is 0 Å². The summed E-state index contributed by atoms with van der Waals surface area (Å²) in [5.41, 5.74) is 1.20. The highest BCUT2D eigenvalue weighted by Gasteiger charge is 1.96. The Hall–Kier alpha value is -2.10. The molecule has 0 fully saturated rings. The first kappa shape index (κ1) is 9.45. The molecule has 4 heteroatoms. The highest BCUT2D eigenvalue weighted by Crippen LogP contribution is 2.05. The summed E-state index contributed by atoms with van der Waals surface area (Å²) in [4.78, 5) is 10.5. The second kappa shape index (κ2) is 3.96. The summed E-state index contributed by atoms with van der Waals surface area (Å²) in [6, 6.07) is 8.43. The SMILES string of the molecule is O=C([O-])c1ccc(Cn2cccn2)cc1. The van der Waals surface area contributed by atoms with Crippen LogP contribution < -0.4 is 5.11 Å². The van der Waals surface area contributed by atoms with Gasteiger partial charge in [0.05, 0.1) is 12.5 Å². The maximum Gasteiger partial charge on any atom is 0.0715 e. The molecule has 76 valence electrons. The van der Waals surface area contributed by atoms with Crippen LogP contribution in [0.25, 0.3) is 0 Å². The molecule has 0 unspecified atom stereocenters. The zero-order valence-corrected chi connectivity index (χ0v) is 7.96. The first-order valence-electron chi connectivity index (χ1n) is 4.53. The maximum absolute atomic E-state index is 10.5. The molecule has 0 saturated carbocycles. The first-order chi connectivity index (χ1) is 7.25. The van der Waals surface area contributed by atoms with E-state index in [0.29, 0.717) is 6.54 Å². The quantitative estimate of drug-likeness (QED) is 0.717. The number of rotatable bonds is 3. The lowest BCUT2D eigenvalue weighted by Crippen LogP contribution is -2.22. The Labute approximate surface area is 86.8 Å². The van der Waals surface area contributed by atoms with Crippen molar-refractivity contribution in [2.45, 2.75) is 6.54 Å². The number of carbonyl (C=O) groups is 1. The highest BCUT2D eigenvalue weighted by atomic mass is 16.4. The van der Waals surface area contributed by atoms with Crippen molar-refractivity contribution in [3.63, 3.8) is 0 Å². The number of hydrogen-bond acceptors (Lipinski definition) is 3. The van der Waals surface area contributed by atoms with E-state index in [1.165, 1.54) is 12.1 Å². The highest BCUT2D eigenvalue weighted by molar-refractivity contribution is 5.85. The molecule has 1 aromatic heterocycles. The third-order valence-electron chi connectivity index (χ3n) is 2.09. The molecule has 0 aliphatic heterocycles. The van der Waals surface area contributed by atoms with Gasteiger partial charge in [-0.3, -0.25) is 4.68 Å². The normalized spacial score (nSPS) is 10.1. The standard InChI is InChI=1S/C11H10N2O2/c14-11(15)10-4-2-9(3-5-10)8-13-7-1-6-12-13/h1-7H,8H2,(H,14,15)/p-1. The fraction of sp³-hybridized carbons (Fsp3) is 0.0909. The third-order valence-corrected chi connectivity index (χ3v) is 2.09. The van der Waals surface area contributed by atoms with E-state index in [9.17, 15) is 9.90 Å². The van der Waals surface area contributed by atoms with Crippen molar-refractivity contribution in [2.75, 3.05) is 0 Å². The first-order valence-corrected chi connectivity index (χ1v) is 4.53. The molecule has 0 aliphatic rings. The van der Waals surface area contributed by atoms with E-state index in [1.54, 1.807) is 23.0 Å². The molecule has 1 aromatic carbocycles. The van der Waals surface area contributed by atoms with Gasteiger partial charge >= 0.3 is 0 Å². The number of aromatic nitrogens is 2. The van der Waals surface area contributed by atoms with Crippen molar-refractivity contribution in [1.82, 2.24) is 9.78 Å². The van der Waals surface area contributed by atoms with Gasteiger partial charge in [0.25, 0.3) is 0 Å². The fourth-order valence-corrected chi connectivity index (χ4v) is 1.33. The van der Waals surface area contributed by atoms with Crippen LogP contribution in [0.15, 0.2) is 42.7 Å². The minimum absolute atomic E-state index is 0.194. The van der Waals surface area contributed by atoms with Gasteiger partial charge in [-0.05, 0) is 17.2 Å². The molecule has 0 N–H and O–H groups in total. The number of nitrogens with zero attached hydrogens (tertiary/aromatic N) is 2. The topological polar surface area (TPSA) is 57.9 Å². The molecule has 0 saturated heterocycles. The van der Waals surface area contributed by atoms with Crippen molar-refractivity contribution in [1.29, 1.82) is 0 Å². The van der Waals surface area contributed by atoms with Crippen molar-refractivity contribution in [3.8, 4) is 0 Å². The zero-order valence-electron chi connectivity index (χ0n) is 7.96. The minimum Gasteiger partial charge on any atom is -0.545 e. The van der Waals surface area contributed by atoms with Crippen molar-refractivity contribution >= 4 is 5.97 Å². The van der Waals surface area contributed by atoms with Crippen LogP contribution in [-0.2, 0) is 6.54 Å². The van der Waals surface area contributed by atoms with Gasteiger partial charge in [-0.15, -0.1) is 0 Å². The largest absolute Gasteiger partial charge is 0.545 e. The molecule has 1 heterocycles. The van der Waals surface area contributed by atoms with Crippen molar-refractivity contribution < 1.29 is 9.90 Å². The summed E-state index contributed by atoms with van der Waals surface area (Å²) in [5, 5.41) is 14.6. The van der Waals surface area contributed by atoms with Gasteiger partial charge in [-0.2, -0.15) is 5.10 Å². The molecule has 2 aromatic rings. The predicted molar refractivity (Wildman–Crippen MR) is 52.1 cm³/mol. The molecule has 15 heavy (non-hydrogen) atoms. The average Bonchev–Trinajstić information content (AvgIpc) is 2.71. The van der Waals surface area contributed by atoms with Crippen molar-refractivity contribution in [2.24, 2.45) is 0 Å². The van der Waals surface area contributed by atoms with Gasteiger partial charge in [-0.25, -0.2) is 0 Å². The maximum atomic E-state index is 10.5. The molecule has 0 bridgehead atoms. The summed E-state index contributed by atoms with van der Waals surface area (Å²) in [6.07, 6.45) is 3.56. The van der Waals surface area contributed by atoms with Gasteiger partial charge in [0.1, 0.15) is 0 Å². The Bertz CT molecular complexity index is 446. The Morgan fingerprint density at radius 2 is 2.07 bits per heavy atom. The Balaban J connectivity index is 2.14. The molecular formula is C11H9N2O2-. The van der Waals surface area contributed by atoms with E-state index in [0.717, 1.165) is 5.56 Å². The van der Waals surface area contributed by atoms with Crippen LogP contribution in [0, 0.1) is 0 Å². The number of benzene rings is 1. The number of aromatic carboxylic acids is 1. The van der Waals surface area contributed by atoms with Crippen LogP contribution >= 0.6 is 0 Å². The summed E-state index contributed by atoms with van der Waals surface area (Å²) in [7, 11) is 0. The van der Waals surface area contributed by atoms with E-state index in [2.05, 4.69) is 5.10 Å². The Kier molecular flexibility index (Phi) is 2.49. The fourth-order valence-electron chi connectivity index (χ4n) is 1.33. The Morgan fingerprint density at radius 3 is 2.60 bits per heavy atom. The molecule has 0 amide bonds. The van der Waals surface area contributed by atoms with E-state index >= 15 is 0 Å². The van der Waals surface area contributed by atoms with Gasteiger partial charge in [-0.1, -0.05) is 24.3 Å². The Morgan fingerprint density at radius 1 is 1.33 bits per heavy atom. The van der Waals surface area contributed by atoms with E-state index in [1.807, 2.05) is 12.3 Å². The van der Waals surface area contributed by atoms with Crippen LogP contribution in [0.1, 0.15) is 15.9 Å². The zero-order chi connectivity index (χ0) is 10.7. The molecule has 2 rings (SSSR count). The average molecular weight is 201 g/mol. The summed E-state index contributed by atoms with van der Waals surface area (Å²) < 4.78 is 1.77. The summed E-state index contributed by atoms with van der Waals surface area (Å²) in [6.45, 7) is 0.639.